The molecule has 0 aliphatic carbocycles. The fourth-order valence-electron chi connectivity index (χ4n) is 1.59. The van der Waals surface area contributed by atoms with Gasteiger partial charge in [0.15, 0.2) is 0 Å². The maximum absolute atomic E-state index is 11.9. The number of fused-ring (bicyclic) bond motifs is 1. The highest BCUT2D eigenvalue weighted by Gasteiger charge is 2.27. The number of hydrogen-bond donors (Lipinski definition) is 0. The Balaban J connectivity index is 2.05. The van der Waals surface area contributed by atoms with Crippen molar-refractivity contribution >= 4 is 28.7 Å². The Labute approximate surface area is 113 Å². The highest BCUT2D eigenvalue weighted by molar-refractivity contribution is 14.1. The summed E-state index contributed by atoms with van der Waals surface area (Å²) in [5, 5.41) is 4.23. The second-order valence-electron chi connectivity index (χ2n) is 4.92. The summed E-state index contributed by atoms with van der Waals surface area (Å²) in [6, 6.07) is 0. The zero-order valence-corrected chi connectivity index (χ0v) is 12.3. The van der Waals surface area contributed by atoms with Crippen molar-refractivity contribution in [3.8, 4) is 0 Å². The third-order valence-electron chi connectivity index (χ3n) is 2.29. The lowest BCUT2D eigenvalue weighted by Crippen LogP contribution is -2.41. The van der Waals surface area contributed by atoms with Gasteiger partial charge in [0.2, 0.25) is 3.83 Å². The first-order valence-corrected chi connectivity index (χ1v) is 6.50. The number of rotatable bonds is 0. The number of nitrogens with zero attached hydrogens (tertiary/aromatic N) is 4. The first-order valence-electron chi connectivity index (χ1n) is 5.42. The predicted octanol–water partition coefficient (Wildman–Crippen LogP) is 1.63. The van der Waals surface area contributed by atoms with Crippen LogP contribution in [-0.2, 0) is 17.8 Å². The van der Waals surface area contributed by atoms with Crippen LogP contribution in [0.5, 0.6) is 0 Å². The Hall–Kier alpha value is -0.860. The third kappa shape index (κ3) is 3.08. The number of amides is 1. The molecule has 2 heterocycles. The Kier molecular flexibility index (Phi) is 3.28. The van der Waals surface area contributed by atoms with Gasteiger partial charge in [-0.2, -0.15) is 0 Å². The van der Waals surface area contributed by atoms with Gasteiger partial charge in [0.25, 0.3) is 0 Å². The fraction of sp³-hybridized carbons (Fsp3) is 0.700. The third-order valence-corrected chi connectivity index (χ3v) is 2.75. The molecule has 1 aromatic rings. The van der Waals surface area contributed by atoms with Gasteiger partial charge in [0.05, 0.1) is 13.1 Å². The van der Waals surface area contributed by atoms with E-state index in [4.69, 9.17) is 4.74 Å². The largest absolute Gasteiger partial charge is 0.444 e. The summed E-state index contributed by atoms with van der Waals surface area (Å²) in [6.45, 7) is 7.33. The number of hydrogen-bond acceptors (Lipinski definition) is 4. The van der Waals surface area contributed by atoms with Crippen LogP contribution in [0.4, 0.5) is 4.79 Å². The molecule has 1 aromatic heterocycles. The number of aromatic nitrogens is 3. The number of ether oxygens (including phenoxy) is 1. The molecule has 0 N–H and O–H groups in total. The second kappa shape index (κ2) is 4.43. The van der Waals surface area contributed by atoms with Gasteiger partial charge in [-0.05, 0) is 20.8 Å². The standard InChI is InChI=1S/C10H15IN4O2/c1-10(2,3)17-9(16)14-4-5-15-7(6-14)12-8(11)13-15/h4-6H2,1-3H3. The minimum Gasteiger partial charge on any atom is -0.444 e. The van der Waals surface area contributed by atoms with Crippen LogP contribution < -0.4 is 0 Å². The number of halogens is 1. The van der Waals surface area contributed by atoms with Gasteiger partial charge < -0.3 is 4.74 Å². The molecule has 0 radical (unpaired) electrons. The van der Waals surface area contributed by atoms with Gasteiger partial charge in [-0.15, -0.1) is 5.10 Å². The normalized spacial score (nSPS) is 15.6. The molecule has 0 spiro atoms. The summed E-state index contributed by atoms with van der Waals surface area (Å²) >= 11 is 2.07. The van der Waals surface area contributed by atoms with E-state index >= 15 is 0 Å². The van der Waals surface area contributed by atoms with Crippen molar-refractivity contribution in [1.29, 1.82) is 0 Å². The van der Waals surface area contributed by atoms with Gasteiger partial charge in [0, 0.05) is 29.1 Å². The van der Waals surface area contributed by atoms with Crippen LogP contribution in [0.3, 0.4) is 0 Å². The van der Waals surface area contributed by atoms with Gasteiger partial charge in [-0.25, -0.2) is 14.5 Å². The topological polar surface area (TPSA) is 60.2 Å². The van der Waals surface area contributed by atoms with E-state index in [2.05, 4.69) is 32.7 Å². The quantitative estimate of drug-likeness (QED) is 0.668. The molecule has 1 aliphatic rings. The van der Waals surface area contributed by atoms with Crippen molar-refractivity contribution in [2.45, 2.75) is 39.5 Å². The van der Waals surface area contributed by atoms with Crippen molar-refractivity contribution < 1.29 is 9.53 Å². The van der Waals surface area contributed by atoms with E-state index in [1.54, 1.807) is 4.90 Å². The zero-order valence-electron chi connectivity index (χ0n) is 10.1. The average molecular weight is 350 g/mol. The second-order valence-corrected chi connectivity index (χ2v) is 5.89. The lowest BCUT2D eigenvalue weighted by molar-refractivity contribution is 0.0190. The Bertz CT molecular complexity index is 438. The summed E-state index contributed by atoms with van der Waals surface area (Å²) in [5.74, 6) is 0.812. The zero-order chi connectivity index (χ0) is 12.6. The summed E-state index contributed by atoms with van der Waals surface area (Å²) in [5.41, 5.74) is -0.462. The first-order chi connectivity index (χ1) is 7.85. The summed E-state index contributed by atoms with van der Waals surface area (Å²) in [6.07, 6.45) is -0.290. The van der Waals surface area contributed by atoms with Crippen LogP contribution in [-0.4, -0.2) is 37.9 Å². The summed E-state index contributed by atoms with van der Waals surface area (Å²) in [4.78, 5) is 17.8. The molecule has 2 rings (SSSR count). The molecule has 94 valence electrons. The van der Waals surface area contributed by atoms with Crippen LogP contribution in [0.15, 0.2) is 0 Å². The minimum atomic E-state index is -0.462. The molecule has 17 heavy (non-hydrogen) atoms. The maximum atomic E-state index is 11.9. The van der Waals surface area contributed by atoms with Gasteiger partial charge in [-0.1, -0.05) is 0 Å². The predicted molar refractivity (Wildman–Crippen MR) is 69.4 cm³/mol. The molecular formula is C10H15IN4O2. The molecule has 0 aromatic carbocycles. The van der Waals surface area contributed by atoms with E-state index in [0.717, 1.165) is 5.82 Å². The minimum absolute atomic E-state index is 0.290. The molecule has 6 nitrogen and oxygen atoms in total. The molecule has 0 saturated heterocycles. The van der Waals surface area contributed by atoms with Crippen molar-refractivity contribution in [2.24, 2.45) is 0 Å². The lowest BCUT2D eigenvalue weighted by atomic mass is 10.2. The van der Waals surface area contributed by atoms with E-state index in [1.165, 1.54) is 0 Å². The summed E-state index contributed by atoms with van der Waals surface area (Å²) < 4.78 is 7.87. The molecule has 1 amide bonds. The number of carbonyl (C=O) groups excluding carboxylic acids is 1. The van der Waals surface area contributed by atoms with E-state index in [1.807, 2.05) is 25.5 Å². The van der Waals surface area contributed by atoms with Gasteiger partial charge in [-0.3, -0.25) is 4.90 Å². The van der Waals surface area contributed by atoms with Crippen LogP contribution in [0.25, 0.3) is 0 Å². The van der Waals surface area contributed by atoms with Crippen LogP contribution in [0, 0.1) is 3.83 Å². The molecular weight excluding hydrogens is 335 g/mol. The van der Waals surface area contributed by atoms with Crippen LogP contribution in [0.1, 0.15) is 26.6 Å². The lowest BCUT2D eigenvalue weighted by Gasteiger charge is -2.29. The highest BCUT2D eigenvalue weighted by atomic mass is 127. The van der Waals surface area contributed by atoms with E-state index in [-0.39, 0.29) is 6.09 Å². The molecule has 0 atom stereocenters. The first kappa shape index (κ1) is 12.6. The van der Waals surface area contributed by atoms with E-state index in [0.29, 0.717) is 23.5 Å². The van der Waals surface area contributed by atoms with Gasteiger partial charge in [0.1, 0.15) is 11.4 Å². The average Bonchev–Trinajstić information content (AvgIpc) is 2.53. The summed E-state index contributed by atoms with van der Waals surface area (Å²) in [7, 11) is 0. The van der Waals surface area contributed by atoms with Crippen LogP contribution in [0.2, 0.25) is 0 Å². The Morgan fingerprint density at radius 3 is 2.76 bits per heavy atom. The van der Waals surface area contributed by atoms with Crippen molar-refractivity contribution in [1.82, 2.24) is 19.7 Å². The van der Waals surface area contributed by atoms with E-state index in [9.17, 15) is 4.79 Å². The van der Waals surface area contributed by atoms with E-state index < -0.39 is 5.60 Å². The number of carbonyl (C=O) groups is 1. The van der Waals surface area contributed by atoms with Crippen molar-refractivity contribution in [3.63, 3.8) is 0 Å². The molecule has 0 fully saturated rings. The molecule has 7 heteroatoms. The highest BCUT2D eigenvalue weighted by Crippen LogP contribution is 2.15. The SMILES string of the molecule is CC(C)(C)OC(=O)N1CCn2nc(I)nc2C1. The smallest absolute Gasteiger partial charge is 0.410 e. The van der Waals surface area contributed by atoms with Gasteiger partial charge >= 0.3 is 6.09 Å². The molecule has 0 unspecified atom stereocenters. The van der Waals surface area contributed by atoms with Crippen molar-refractivity contribution in [2.75, 3.05) is 6.54 Å². The molecule has 0 saturated carbocycles. The monoisotopic (exact) mass is 350 g/mol. The Morgan fingerprint density at radius 2 is 2.12 bits per heavy atom. The van der Waals surface area contributed by atoms with Crippen LogP contribution >= 0.6 is 22.6 Å². The van der Waals surface area contributed by atoms with Crippen molar-refractivity contribution in [3.05, 3.63) is 9.66 Å². The molecule has 1 aliphatic heterocycles. The fourth-order valence-corrected chi connectivity index (χ4v) is 2.13. The molecule has 0 bridgehead atoms. The Morgan fingerprint density at radius 1 is 1.41 bits per heavy atom. The maximum Gasteiger partial charge on any atom is 0.410 e.